The molecule has 0 radical (unpaired) electrons. The van der Waals surface area contributed by atoms with Crippen LogP contribution < -0.4 is 0 Å². The second-order valence-electron chi connectivity index (χ2n) is 7.51. The molecule has 0 saturated carbocycles. The molecule has 6 heteroatoms. The number of amides is 1. The molecule has 1 fully saturated rings. The van der Waals surface area contributed by atoms with Crippen LogP contribution in [0.15, 0.2) is 54.6 Å². The zero-order valence-electron chi connectivity index (χ0n) is 16.3. The predicted molar refractivity (Wildman–Crippen MR) is 109 cm³/mol. The molecule has 0 aromatic heterocycles. The van der Waals surface area contributed by atoms with Gasteiger partial charge in [0.2, 0.25) is 5.91 Å². The maximum atomic E-state index is 13.1. The lowest BCUT2D eigenvalue weighted by Gasteiger charge is -2.35. The van der Waals surface area contributed by atoms with Crippen LogP contribution >= 0.6 is 0 Å². The minimum atomic E-state index is -0.276. The van der Waals surface area contributed by atoms with E-state index < -0.39 is 0 Å². The summed E-state index contributed by atoms with van der Waals surface area (Å²) < 4.78 is 18.9. The molecular weight excluding hydrogens is 371 g/mol. The van der Waals surface area contributed by atoms with Gasteiger partial charge in [0.25, 0.3) is 0 Å². The number of hydrogen-bond donors (Lipinski definition) is 1. The van der Waals surface area contributed by atoms with Crippen molar-refractivity contribution in [1.29, 1.82) is 0 Å². The summed E-state index contributed by atoms with van der Waals surface area (Å²) in [7, 11) is 0. The number of halogens is 1. The zero-order valence-corrected chi connectivity index (χ0v) is 16.3. The van der Waals surface area contributed by atoms with E-state index >= 15 is 0 Å². The quantitative estimate of drug-likeness (QED) is 0.862. The minimum absolute atomic E-state index is 0.0990. The number of carbonyl (C=O) groups excluding carboxylic acids is 1. The Morgan fingerprint density at radius 2 is 1.86 bits per heavy atom. The maximum Gasteiger partial charge on any atom is 0.236 e. The molecule has 2 aromatic rings. The summed E-state index contributed by atoms with van der Waals surface area (Å²) in [6.07, 6.45) is 2.82. The second kappa shape index (κ2) is 8.76. The lowest BCUT2D eigenvalue weighted by Crippen LogP contribution is -2.47. The van der Waals surface area contributed by atoms with Gasteiger partial charge in [-0.1, -0.05) is 30.3 Å². The molecule has 5 nitrogen and oxygen atoms in total. The number of nitrogens with zero attached hydrogens (tertiary/aromatic N) is 2. The molecule has 0 spiro atoms. The average Bonchev–Trinajstić information content (AvgIpc) is 2.75. The summed E-state index contributed by atoms with van der Waals surface area (Å²) >= 11 is 0. The van der Waals surface area contributed by atoms with Gasteiger partial charge < -0.3 is 14.7 Å². The van der Waals surface area contributed by atoms with Gasteiger partial charge in [-0.2, -0.15) is 0 Å². The topological polar surface area (TPSA) is 53.0 Å². The van der Waals surface area contributed by atoms with Gasteiger partial charge in [-0.3, -0.25) is 9.69 Å². The van der Waals surface area contributed by atoms with E-state index in [2.05, 4.69) is 11.0 Å². The summed E-state index contributed by atoms with van der Waals surface area (Å²) in [5.74, 6) is 0.0889. The Labute approximate surface area is 170 Å². The van der Waals surface area contributed by atoms with E-state index in [0.29, 0.717) is 26.2 Å². The smallest absolute Gasteiger partial charge is 0.236 e. The van der Waals surface area contributed by atoms with E-state index in [1.165, 1.54) is 17.7 Å². The number of aromatic hydroxyl groups is 1. The molecule has 2 aliphatic rings. The highest BCUT2D eigenvalue weighted by Crippen LogP contribution is 2.25. The standard InChI is InChI=1S/C23H25FN2O3/c24-20-5-1-19(2-6-20)22-15-26(13-14-29-22)23(28)16-25-11-9-18(10-12-25)17-3-7-21(27)8-4-17/h1-9,22,27H,10-16H2. The molecule has 2 aliphatic heterocycles. The van der Waals surface area contributed by atoms with Gasteiger partial charge in [0.15, 0.2) is 0 Å². The van der Waals surface area contributed by atoms with Crippen LogP contribution in [0, 0.1) is 5.82 Å². The molecule has 0 bridgehead atoms. The van der Waals surface area contributed by atoms with Crippen molar-refractivity contribution < 1.29 is 19.0 Å². The van der Waals surface area contributed by atoms with Crippen LogP contribution in [-0.2, 0) is 9.53 Å². The molecule has 0 aliphatic carbocycles. The predicted octanol–water partition coefficient (Wildman–Crippen LogP) is 3.22. The highest BCUT2D eigenvalue weighted by Gasteiger charge is 2.27. The van der Waals surface area contributed by atoms with Crippen molar-refractivity contribution in [2.24, 2.45) is 0 Å². The van der Waals surface area contributed by atoms with Crippen LogP contribution in [0.2, 0.25) is 0 Å². The van der Waals surface area contributed by atoms with Gasteiger partial charge in [-0.05, 0) is 47.4 Å². The molecule has 4 rings (SSSR count). The Hall–Kier alpha value is -2.70. The monoisotopic (exact) mass is 396 g/mol. The van der Waals surface area contributed by atoms with E-state index in [1.54, 1.807) is 24.3 Å². The lowest BCUT2D eigenvalue weighted by molar-refractivity contribution is -0.140. The third-order valence-electron chi connectivity index (χ3n) is 5.55. The van der Waals surface area contributed by atoms with Crippen LogP contribution in [0.3, 0.4) is 0 Å². The van der Waals surface area contributed by atoms with E-state index in [-0.39, 0.29) is 23.6 Å². The normalized spacial score (nSPS) is 20.4. The Bertz CT molecular complexity index is 880. The van der Waals surface area contributed by atoms with Crippen molar-refractivity contribution in [1.82, 2.24) is 9.80 Å². The number of hydrogen-bond acceptors (Lipinski definition) is 4. The van der Waals surface area contributed by atoms with Gasteiger partial charge in [0.1, 0.15) is 17.7 Å². The van der Waals surface area contributed by atoms with Crippen LogP contribution in [0.25, 0.3) is 5.57 Å². The minimum Gasteiger partial charge on any atom is -0.508 e. The van der Waals surface area contributed by atoms with Crippen LogP contribution in [-0.4, -0.2) is 60.1 Å². The SMILES string of the molecule is O=C(CN1CC=C(c2ccc(O)cc2)CC1)N1CCOC(c2ccc(F)cc2)C1. The number of benzene rings is 2. The van der Waals surface area contributed by atoms with Crippen molar-refractivity contribution in [3.63, 3.8) is 0 Å². The average molecular weight is 396 g/mol. The van der Waals surface area contributed by atoms with Gasteiger partial charge in [0, 0.05) is 19.6 Å². The van der Waals surface area contributed by atoms with Crippen LogP contribution in [0.1, 0.15) is 23.7 Å². The van der Waals surface area contributed by atoms with E-state index in [1.807, 2.05) is 17.0 Å². The van der Waals surface area contributed by atoms with Crippen molar-refractivity contribution >= 4 is 11.5 Å². The van der Waals surface area contributed by atoms with E-state index in [4.69, 9.17) is 4.74 Å². The fraction of sp³-hybridized carbons (Fsp3) is 0.348. The first kappa shape index (κ1) is 19.6. The Balaban J connectivity index is 1.32. The first-order valence-electron chi connectivity index (χ1n) is 9.94. The first-order valence-corrected chi connectivity index (χ1v) is 9.94. The lowest BCUT2D eigenvalue weighted by atomic mass is 9.99. The zero-order chi connectivity index (χ0) is 20.2. The molecule has 1 saturated heterocycles. The largest absolute Gasteiger partial charge is 0.508 e. The number of phenols is 1. The highest BCUT2D eigenvalue weighted by atomic mass is 19.1. The first-order chi connectivity index (χ1) is 14.1. The van der Waals surface area contributed by atoms with Crippen molar-refractivity contribution in [2.45, 2.75) is 12.5 Å². The molecular formula is C23H25FN2O3. The second-order valence-corrected chi connectivity index (χ2v) is 7.51. The molecule has 2 heterocycles. The molecule has 2 aromatic carbocycles. The summed E-state index contributed by atoms with van der Waals surface area (Å²) in [6, 6.07) is 13.5. The van der Waals surface area contributed by atoms with E-state index in [0.717, 1.165) is 30.6 Å². The number of carbonyl (C=O) groups is 1. The Kier molecular flexibility index (Phi) is 5.92. The van der Waals surface area contributed by atoms with Crippen molar-refractivity contribution in [3.8, 4) is 5.75 Å². The number of morpholine rings is 1. The van der Waals surface area contributed by atoms with Gasteiger partial charge in [-0.25, -0.2) is 4.39 Å². The highest BCUT2D eigenvalue weighted by molar-refractivity contribution is 5.78. The maximum absolute atomic E-state index is 13.1. The van der Waals surface area contributed by atoms with Crippen LogP contribution in [0.4, 0.5) is 4.39 Å². The Morgan fingerprint density at radius 1 is 1.10 bits per heavy atom. The Morgan fingerprint density at radius 3 is 2.55 bits per heavy atom. The number of ether oxygens (including phenoxy) is 1. The van der Waals surface area contributed by atoms with Gasteiger partial charge >= 0.3 is 0 Å². The molecule has 152 valence electrons. The van der Waals surface area contributed by atoms with Gasteiger partial charge in [0.05, 0.1) is 19.7 Å². The van der Waals surface area contributed by atoms with Crippen molar-refractivity contribution in [3.05, 3.63) is 71.6 Å². The van der Waals surface area contributed by atoms with E-state index in [9.17, 15) is 14.3 Å². The molecule has 1 unspecified atom stereocenters. The molecule has 1 atom stereocenters. The fourth-order valence-corrected chi connectivity index (χ4v) is 3.84. The third kappa shape index (κ3) is 4.83. The molecule has 1 N–H and O–H groups in total. The fourth-order valence-electron chi connectivity index (χ4n) is 3.84. The number of phenolic OH excluding ortho intramolecular Hbond substituents is 1. The third-order valence-corrected chi connectivity index (χ3v) is 5.55. The number of rotatable bonds is 4. The molecule has 1 amide bonds. The van der Waals surface area contributed by atoms with Gasteiger partial charge in [-0.15, -0.1) is 0 Å². The summed E-state index contributed by atoms with van der Waals surface area (Å²) in [6.45, 7) is 3.50. The molecule has 29 heavy (non-hydrogen) atoms. The summed E-state index contributed by atoms with van der Waals surface area (Å²) in [5, 5.41) is 9.43. The summed E-state index contributed by atoms with van der Waals surface area (Å²) in [5.41, 5.74) is 3.25. The summed E-state index contributed by atoms with van der Waals surface area (Å²) in [4.78, 5) is 16.8. The van der Waals surface area contributed by atoms with Crippen molar-refractivity contribution in [2.75, 3.05) is 39.3 Å². The van der Waals surface area contributed by atoms with Crippen LogP contribution in [0.5, 0.6) is 5.75 Å².